The van der Waals surface area contributed by atoms with E-state index in [9.17, 15) is 9.59 Å². The molecule has 0 bridgehead atoms. The van der Waals surface area contributed by atoms with Crippen molar-refractivity contribution in [3.05, 3.63) is 58.2 Å². The van der Waals surface area contributed by atoms with Crippen molar-refractivity contribution in [3.8, 4) is 22.4 Å². The Bertz CT molecular complexity index is 1910. The Kier molecular flexibility index (Phi) is 6.37. The molecule has 7 rings (SSSR count). The number of aromatic amines is 1. The van der Waals surface area contributed by atoms with Gasteiger partial charge in [-0.15, -0.1) is 5.10 Å². The molecule has 1 unspecified atom stereocenters. The number of halogens is 1. The maximum atomic E-state index is 15.2. The lowest BCUT2D eigenvalue weighted by Gasteiger charge is -2.26. The Hall–Kier alpha value is -4.45. The number of aryl methyl sites for hydroxylation is 3. The highest BCUT2D eigenvalue weighted by Gasteiger charge is 2.30. The highest BCUT2D eigenvalue weighted by atomic mass is 19.1. The summed E-state index contributed by atoms with van der Waals surface area (Å²) >= 11 is 0. The number of nitrogens with zero attached hydrogens (tertiary/aromatic N) is 5. The summed E-state index contributed by atoms with van der Waals surface area (Å²) in [5, 5.41) is 7.40. The van der Waals surface area contributed by atoms with Gasteiger partial charge in [-0.3, -0.25) is 13.8 Å². The third kappa shape index (κ3) is 4.12. The van der Waals surface area contributed by atoms with E-state index in [1.807, 2.05) is 10.6 Å². The molecule has 42 heavy (non-hydrogen) atoms. The van der Waals surface area contributed by atoms with Crippen molar-refractivity contribution in [2.24, 2.45) is 14.1 Å². The van der Waals surface area contributed by atoms with Crippen LogP contribution in [0.1, 0.15) is 49.0 Å². The topological polar surface area (TPSA) is 121 Å². The van der Waals surface area contributed by atoms with E-state index in [2.05, 4.69) is 32.3 Å². The lowest BCUT2D eigenvalue weighted by molar-refractivity contribution is 0.0554. The smallest absolute Gasteiger partial charge is 0.406 e. The number of carbonyl (C=O) groups excluding carboxylic acids is 1. The van der Waals surface area contributed by atoms with E-state index in [0.29, 0.717) is 30.1 Å². The maximum Gasteiger partial charge on any atom is 0.406 e. The first kappa shape index (κ1) is 26.4. The second-order valence-electron chi connectivity index (χ2n) is 11.1. The second-order valence-corrected chi connectivity index (χ2v) is 11.1. The minimum absolute atomic E-state index is 0.0686. The molecular weight excluding hydrogens is 541 g/mol. The predicted molar refractivity (Wildman–Crippen MR) is 155 cm³/mol. The SMILES string of the molecule is COC(=O)NCCOC1CCc2cc(-c3c(-c4cn(C)nc4F)[nH]c4ncc5c(c34)n(C3CCC3)c(=O)n5C)ccc21. The minimum atomic E-state index is -0.582. The monoisotopic (exact) mass is 573 g/mol. The van der Waals surface area contributed by atoms with Gasteiger partial charge in [0.1, 0.15) is 5.65 Å². The lowest BCUT2D eigenvalue weighted by atomic mass is 9.92. The first-order valence-corrected chi connectivity index (χ1v) is 14.2. The van der Waals surface area contributed by atoms with Crippen LogP contribution in [0.3, 0.4) is 0 Å². The zero-order chi connectivity index (χ0) is 29.1. The maximum absolute atomic E-state index is 15.2. The number of H-pyrrole nitrogens is 1. The molecule has 4 heterocycles. The summed E-state index contributed by atoms with van der Waals surface area (Å²) in [7, 11) is 4.79. The fourth-order valence-electron chi connectivity index (χ4n) is 6.42. The Morgan fingerprint density at radius 2 is 2.07 bits per heavy atom. The van der Waals surface area contributed by atoms with Crippen molar-refractivity contribution in [2.45, 2.75) is 44.2 Å². The van der Waals surface area contributed by atoms with Gasteiger partial charge < -0.3 is 19.8 Å². The van der Waals surface area contributed by atoms with Gasteiger partial charge in [0.15, 0.2) is 0 Å². The Balaban J connectivity index is 1.38. The molecule has 0 radical (unpaired) electrons. The minimum Gasteiger partial charge on any atom is -0.453 e. The summed E-state index contributed by atoms with van der Waals surface area (Å²) in [4.78, 5) is 32.9. The summed E-state index contributed by atoms with van der Waals surface area (Å²) < 4.78 is 30.9. The average molecular weight is 574 g/mol. The molecule has 4 aromatic heterocycles. The van der Waals surface area contributed by atoms with E-state index in [1.165, 1.54) is 11.8 Å². The number of hydrogen-bond donors (Lipinski definition) is 2. The molecule has 1 atom stereocenters. The molecule has 1 saturated carbocycles. The van der Waals surface area contributed by atoms with Crippen molar-refractivity contribution in [1.82, 2.24) is 34.2 Å². The molecule has 2 N–H and O–H groups in total. The molecule has 12 heteroatoms. The van der Waals surface area contributed by atoms with Gasteiger partial charge in [-0.05, 0) is 48.8 Å². The van der Waals surface area contributed by atoms with E-state index in [0.717, 1.165) is 70.8 Å². The summed E-state index contributed by atoms with van der Waals surface area (Å²) in [6.45, 7) is 0.721. The summed E-state index contributed by atoms with van der Waals surface area (Å²) in [6, 6.07) is 6.36. The van der Waals surface area contributed by atoms with Gasteiger partial charge in [0, 0.05) is 38.4 Å². The molecular formula is C30H32FN7O4. The number of nitrogens with one attached hydrogen (secondary N) is 2. The number of aromatic nitrogens is 6. The number of carbonyl (C=O) groups is 1. The van der Waals surface area contributed by atoms with Crippen LogP contribution in [0, 0.1) is 5.95 Å². The van der Waals surface area contributed by atoms with Gasteiger partial charge in [0.05, 0.1) is 53.7 Å². The second kappa shape index (κ2) is 10.1. The molecule has 1 aromatic carbocycles. The standard InChI is InChI=1S/C30H32FN7O4/c1-36-15-20(27(31)35-36)25-23(17-7-9-19-16(13-17)8-10-22(19)42-12-11-32-29(39)41-3)24-26-21(14-33-28(24)34-25)37(2)30(40)38(26)18-5-4-6-18/h7,9,13-15,18,22H,4-6,8,10-12H2,1-3H3,(H,32,39)(H,33,34). The number of fused-ring (bicyclic) bond motifs is 4. The largest absolute Gasteiger partial charge is 0.453 e. The van der Waals surface area contributed by atoms with Crippen molar-refractivity contribution < 1.29 is 18.7 Å². The number of hydrogen-bond acceptors (Lipinski definition) is 6. The molecule has 5 aromatic rings. The molecule has 1 fully saturated rings. The van der Waals surface area contributed by atoms with Gasteiger partial charge in [-0.1, -0.05) is 18.2 Å². The molecule has 0 saturated heterocycles. The predicted octanol–water partition coefficient (Wildman–Crippen LogP) is 4.51. The van der Waals surface area contributed by atoms with E-state index in [-0.39, 0.29) is 17.8 Å². The number of methoxy groups -OCH3 is 1. The number of amides is 1. The number of imidazole rings is 1. The molecule has 2 aliphatic rings. The van der Waals surface area contributed by atoms with E-state index in [4.69, 9.17) is 9.72 Å². The first-order chi connectivity index (χ1) is 20.4. The van der Waals surface area contributed by atoms with Crippen LogP contribution in [0.2, 0.25) is 0 Å². The number of rotatable bonds is 7. The quantitative estimate of drug-likeness (QED) is 0.277. The first-order valence-electron chi connectivity index (χ1n) is 14.2. The van der Waals surface area contributed by atoms with Crippen molar-refractivity contribution >= 4 is 28.2 Å². The Morgan fingerprint density at radius 3 is 2.79 bits per heavy atom. The number of ether oxygens (including phenoxy) is 2. The van der Waals surface area contributed by atoms with Crippen LogP contribution >= 0.6 is 0 Å². The summed E-state index contributed by atoms with van der Waals surface area (Å²) in [5.74, 6) is -0.582. The molecule has 1 amide bonds. The number of pyridine rings is 1. The van der Waals surface area contributed by atoms with Crippen molar-refractivity contribution in [1.29, 1.82) is 0 Å². The highest BCUT2D eigenvalue weighted by Crippen LogP contribution is 2.45. The fraction of sp³-hybridized carbons (Fsp3) is 0.400. The van der Waals surface area contributed by atoms with Crippen LogP contribution < -0.4 is 11.0 Å². The molecule has 0 spiro atoms. The summed E-state index contributed by atoms with van der Waals surface area (Å²) in [5.41, 5.74) is 6.94. The van der Waals surface area contributed by atoms with Crippen molar-refractivity contribution in [3.63, 3.8) is 0 Å². The average Bonchev–Trinajstić information content (AvgIpc) is 3.69. The molecule has 0 aliphatic heterocycles. The zero-order valence-corrected chi connectivity index (χ0v) is 23.7. The third-order valence-corrected chi connectivity index (χ3v) is 8.69. The van der Waals surface area contributed by atoms with Crippen LogP contribution in [-0.2, 0) is 30.0 Å². The van der Waals surface area contributed by atoms with Gasteiger partial charge in [0.2, 0.25) is 5.95 Å². The Labute approximate surface area is 240 Å². The normalized spacial score (nSPS) is 16.7. The Morgan fingerprint density at radius 1 is 1.24 bits per heavy atom. The molecule has 2 aliphatic carbocycles. The van der Waals surface area contributed by atoms with Crippen LogP contribution in [0.15, 0.2) is 35.4 Å². The van der Waals surface area contributed by atoms with Crippen LogP contribution in [0.25, 0.3) is 44.5 Å². The fourth-order valence-corrected chi connectivity index (χ4v) is 6.42. The highest BCUT2D eigenvalue weighted by molar-refractivity contribution is 6.14. The van der Waals surface area contributed by atoms with Crippen molar-refractivity contribution in [2.75, 3.05) is 20.3 Å². The van der Waals surface area contributed by atoms with Crippen LogP contribution in [0.4, 0.5) is 9.18 Å². The van der Waals surface area contributed by atoms with Crippen LogP contribution in [-0.4, -0.2) is 55.2 Å². The van der Waals surface area contributed by atoms with Gasteiger partial charge in [-0.2, -0.15) is 4.39 Å². The number of alkyl carbamates (subject to hydrolysis) is 1. The third-order valence-electron chi connectivity index (χ3n) is 8.69. The lowest BCUT2D eigenvalue weighted by Crippen LogP contribution is -2.29. The molecule has 218 valence electrons. The van der Waals surface area contributed by atoms with E-state index < -0.39 is 12.0 Å². The van der Waals surface area contributed by atoms with Gasteiger partial charge in [0.25, 0.3) is 0 Å². The zero-order valence-electron chi connectivity index (χ0n) is 23.7. The van der Waals surface area contributed by atoms with Gasteiger partial charge in [-0.25, -0.2) is 14.6 Å². The van der Waals surface area contributed by atoms with Crippen LogP contribution in [0.5, 0.6) is 0 Å². The van der Waals surface area contributed by atoms with Gasteiger partial charge >= 0.3 is 11.8 Å². The summed E-state index contributed by atoms with van der Waals surface area (Å²) in [6.07, 6.45) is 7.42. The number of benzene rings is 1. The van der Waals surface area contributed by atoms with E-state index in [1.54, 1.807) is 31.1 Å². The molecule has 11 nitrogen and oxygen atoms in total. The van der Waals surface area contributed by atoms with E-state index >= 15 is 4.39 Å².